The Kier molecular flexibility index (Phi) is 3.71. The number of furan rings is 1. The lowest BCUT2D eigenvalue weighted by atomic mass is 10.1. The van der Waals surface area contributed by atoms with Gasteiger partial charge in [0, 0.05) is 23.2 Å². The zero-order chi connectivity index (χ0) is 15.7. The molecule has 0 saturated carbocycles. The Hall–Kier alpha value is -2.56. The molecule has 0 atom stereocenters. The fraction of sp³-hybridized carbons (Fsp3) is 0.294. The molecule has 114 valence electrons. The van der Waals surface area contributed by atoms with Gasteiger partial charge in [0.05, 0.1) is 18.3 Å². The largest absolute Gasteiger partial charge is 0.459 e. The molecule has 3 aromatic rings. The molecule has 2 heterocycles. The van der Waals surface area contributed by atoms with Crippen LogP contribution in [0.3, 0.4) is 0 Å². The van der Waals surface area contributed by atoms with Gasteiger partial charge in [-0.2, -0.15) is 5.10 Å². The summed E-state index contributed by atoms with van der Waals surface area (Å²) in [6.45, 7) is 6.41. The van der Waals surface area contributed by atoms with E-state index in [9.17, 15) is 4.79 Å². The number of aromatic nitrogens is 2. The highest BCUT2D eigenvalue weighted by Crippen LogP contribution is 2.24. The predicted octanol–water partition coefficient (Wildman–Crippen LogP) is 3.45. The molecule has 0 unspecified atom stereocenters. The molecule has 0 bridgehead atoms. The van der Waals surface area contributed by atoms with Crippen molar-refractivity contribution in [1.29, 1.82) is 0 Å². The van der Waals surface area contributed by atoms with E-state index in [1.165, 1.54) is 0 Å². The second-order valence-electron chi connectivity index (χ2n) is 5.63. The molecule has 1 amide bonds. The summed E-state index contributed by atoms with van der Waals surface area (Å²) in [6.07, 6.45) is 3.34. The van der Waals surface area contributed by atoms with Crippen LogP contribution in [0.15, 0.2) is 41.1 Å². The number of carbonyl (C=O) groups excluding carboxylic acids is 1. The van der Waals surface area contributed by atoms with Gasteiger partial charge in [-0.3, -0.25) is 9.48 Å². The maximum atomic E-state index is 12.2. The van der Waals surface area contributed by atoms with E-state index in [0.717, 1.165) is 22.3 Å². The number of nitrogens with zero attached hydrogens (tertiary/aromatic N) is 2. The summed E-state index contributed by atoms with van der Waals surface area (Å²) < 4.78 is 7.56. The van der Waals surface area contributed by atoms with Crippen LogP contribution in [-0.4, -0.2) is 15.7 Å². The summed E-state index contributed by atoms with van der Waals surface area (Å²) in [5.41, 5.74) is 2.47. The van der Waals surface area contributed by atoms with Crippen molar-refractivity contribution in [1.82, 2.24) is 15.1 Å². The van der Waals surface area contributed by atoms with Gasteiger partial charge in [0.2, 0.25) is 0 Å². The third-order valence-corrected chi connectivity index (χ3v) is 3.74. The number of rotatable bonds is 4. The van der Waals surface area contributed by atoms with Crippen LogP contribution < -0.4 is 5.32 Å². The van der Waals surface area contributed by atoms with Crippen molar-refractivity contribution in [3.05, 3.63) is 53.5 Å². The second-order valence-corrected chi connectivity index (χ2v) is 5.63. The van der Waals surface area contributed by atoms with E-state index >= 15 is 0 Å². The number of aryl methyl sites for hydroxylation is 1. The van der Waals surface area contributed by atoms with Gasteiger partial charge in [-0.15, -0.1) is 0 Å². The number of fused-ring (bicyclic) bond motifs is 1. The van der Waals surface area contributed by atoms with Crippen molar-refractivity contribution in [3.8, 4) is 0 Å². The standard InChI is InChI=1S/C17H19N3O2/c1-11(2)20-10-13(8-19-20)17(21)18-9-16-12(3)14-6-4-5-7-15(14)22-16/h4-8,10-11H,9H2,1-3H3,(H,18,21). The third-order valence-electron chi connectivity index (χ3n) is 3.74. The van der Waals surface area contributed by atoms with Gasteiger partial charge in [0.25, 0.3) is 5.91 Å². The zero-order valence-corrected chi connectivity index (χ0v) is 13.0. The van der Waals surface area contributed by atoms with Gasteiger partial charge in [-0.1, -0.05) is 18.2 Å². The SMILES string of the molecule is Cc1c(CNC(=O)c2cnn(C(C)C)c2)oc2ccccc12. The van der Waals surface area contributed by atoms with E-state index in [4.69, 9.17) is 4.42 Å². The number of hydrogen-bond donors (Lipinski definition) is 1. The van der Waals surface area contributed by atoms with Crippen molar-refractivity contribution in [2.24, 2.45) is 0 Å². The lowest BCUT2D eigenvalue weighted by Gasteiger charge is -2.04. The van der Waals surface area contributed by atoms with Gasteiger partial charge in [0.1, 0.15) is 11.3 Å². The summed E-state index contributed by atoms with van der Waals surface area (Å²) in [6, 6.07) is 8.10. The third kappa shape index (κ3) is 2.62. The number of amides is 1. The van der Waals surface area contributed by atoms with Crippen LogP contribution in [-0.2, 0) is 6.54 Å². The minimum absolute atomic E-state index is 0.147. The highest BCUT2D eigenvalue weighted by Gasteiger charge is 2.13. The van der Waals surface area contributed by atoms with Crippen LogP contribution in [0, 0.1) is 6.92 Å². The molecule has 0 aliphatic carbocycles. The highest BCUT2D eigenvalue weighted by atomic mass is 16.3. The average molecular weight is 297 g/mol. The molecule has 5 nitrogen and oxygen atoms in total. The molecule has 1 aromatic carbocycles. The number of benzene rings is 1. The smallest absolute Gasteiger partial charge is 0.254 e. The number of para-hydroxylation sites is 1. The van der Waals surface area contributed by atoms with Crippen LogP contribution in [0.5, 0.6) is 0 Å². The number of carbonyl (C=O) groups is 1. The van der Waals surface area contributed by atoms with Crippen molar-refractivity contribution in [2.75, 3.05) is 0 Å². The monoisotopic (exact) mass is 297 g/mol. The maximum absolute atomic E-state index is 12.2. The van der Waals surface area contributed by atoms with Crippen LogP contribution in [0.1, 0.15) is 41.6 Å². The minimum Gasteiger partial charge on any atom is -0.459 e. The van der Waals surface area contributed by atoms with E-state index in [-0.39, 0.29) is 11.9 Å². The summed E-state index contributed by atoms with van der Waals surface area (Å²) >= 11 is 0. The summed E-state index contributed by atoms with van der Waals surface area (Å²) in [7, 11) is 0. The Morgan fingerprint density at radius 1 is 1.36 bits per heavy atom. The molecule has 22 heavy (non-hydrogen) atoms. The van der Waals surface area contributed by atoms with E-state index in [0.29, 0.717) is 12.1 Å². The highest BCUT2D eigenvalue weighted by molar-refractivity contribution is 5.93. The minimum atomic E-state index is -0.147. The second kappa shape index (κ2) is 5.67. The number of nitrogens with one attached hydrogen (secondary N) is 1. The van der Waals surface area contributed by atoms with E-state index in [2.05, 4.69) is 10.4 Å². The van der Waals surface area contributed by atoms with Gasteiger partial charge in [0.15, 0.2) is 0 Å². The molecule has 0 radical (unpaired) electrons. The summed E-state index contributed by atoms with van der Waals surface area (Å²) in [5.74, 6) is 0.637. The van der Waals surface area contributed by atoms with Crippen LogP contribution in [0.25, 0.3) is 11.0 Å². The molecule has 0 spiro atoms. The molecule has 2 aromatic heterocycles. The first-order valence-electron chi connectivity index (χ1n) is 7.35. The molecular formula is C17H19N3O2. The van der Waals surface area contributed by atoms with Crippen LogP contribution >= 0.6 is 0 Å². The summed E-state index contributed by atoms with van der Waals surface area (Å²) in [5, 5.41) is 8.14. The van der Waals surface area contributed by atoms with Gasteiger partial charge >= 0.3 is 0 Å². The summed E-state index contributed by atoms with van der Waals surface area (Å²) in [4.78, 5) is 12.2. The zero-order valence-electron chi connectivity index (χ0n) is 13.0. The number of hydrogen-bond acceptors (Lipinski definition) is 3. The predicted molar refractivity (Wildman–Crippen MR) is 84.7 cm³/mol. The lowest BCUT2D eigenvalue weighted by molar-refractivity contribution is 0.0948. The molecule has 5 heteroatoms. The van der Waals surface area contributed by atoms with Gasteiger partial charge in [-0.05, 0) is 26.8 Å². The first-order valence-corrected chi connectivity index (χ1v) is 7.35. The lowest BCUT2D eigenvalue weighted by Crippen LogP contribution is -2.22. The van der Waals surface area contributed by atoms with Gasteiger partial charge < -0.3 is 9.73 Å². The Morgan fingerprint density at radius 3 is 2.82 bits per heavy atom. The average Bonchev–Trinajstić information content (AvgIpc) is 3.11. The molecule has 0 aliphatic rings. The van der Waals surface area contributed by atoms with Crippen molar-refractivity contribution < 1.29 is 9.21 Å². The fourth-order valence-corrected chi connectivity index (χ4v) is 2.39. The van der Waals surface area contributed by atoms with Crippen LogP contribution in [0.2, 0.25) is 0 Å². The maximum Gasteiger partial charge on any atom is 0.254 e. The van der Waals surface area contributed by atoms with E-state index < -0.39 is 0 Å². The Morgan fingerprint density at radius 2 is 2.14 bits per heavy atom. The topological polar surface area (TPSA) is 60.1 Å². The Labute approximate surface area is 128 Å². The van der Waals surface area contributed by atoms with E-state index in [1.807, 2.05) is 45.0 Å². The molecule has 1 N–H and O–H groups in total. The van der Waals surface area contributed by atoms with Crippen LogP contribution in [0.4, 0.5) is 0 Å². The van der Waals surface area contributed by atoms with Crippen molar-refractivity contribution in [3.63, 3.8) is 0 Å². The quantitative estimate of drug-likeness (QED) is 0.802. The molecular weight excluding hydrogens is 278 g/mol. The molecule has 0 aliphatic heterocycles. The normalized spacial score (nSPS) is 11.3. The van der Waals surface area contributed by atoms with E-state index in [1.54, 1.807) is 17.1 Å². The fourth-order valence-electron chi connectivity index (χ4n) is 2.39. The first kappa shape index (κ1) is 14.4. The van der Waals surface area contributed by atoms with Gasteiger partial charge in [-0.25, -0.2) is 0 Å². The Balaban J connectivity index is 1.73. The van der Waals surface area contributed by atoms with Crippen molar-refractivity contribution in [2.45, 2.75) is 33.4 Å². The molecule has 3 rings (SSSR count). The Bertz CT molecular complexity index is 814. The first-order chi connectivity index (χ1) is 10.6. The van der Waals surface area contributed by atoms with Crippen molar-refractivity contribution >= 4 is 16.9 Å². The molecule has 0 saturated heterocycles. The molecule has 0 fully saturated rings.